The molecular weight excluding hydrogens is 234 g/mol. The van der Waals surface area contributed by atoms with Crippen molar-refractivity contribution in [3.8, 4) is 0 Å². The second-order valence-electron chi connectivity index (χ2n) is 5.97. The van der Waals surface area contributed by atoms with Crippen LogP contribution in [0.15, 0.2) is 12.3 Å². The van der Waals surface area contributed by atoms with Gasteiger partial charge in [0, 0.05) is 25.3 Å². The number of hydrogen-bond donors (Lipinski definition) is 1. The molecule has 3 nitrogen and oxygen atoms in total. The van der Waals surface area contributed by atoms with Gasteiger partial charge in [-0.3, -0.25) is 4.68 Å². The summed E-state index contributed by atoms with van der Waals surface area (Å²) in [5.74, 6) is 0.866. The maximum atomic E-state index is 4.39. The molecule has 1 saturated carbocycles. The van der Waals surface area contributed by atoms with E-state index in [0.717, 1.165) is 25.4 Å². The summed E-state index contributed by atoms with van der Waals surface area (Å²) in [5, 5.41) is 8.11. The highest BCUT2D eigenvalue weighted by Crippen LogP contribution is 2.25. The Kier molecular flexibility index (Phi) is 5.90. The van der Waals surface area contributed by atoms with Gasteiger partial charge in [0.05, 0.1) is 5.69 Å². The molecule has 1 aliphatic rings. The lowest BCUT2D eigenvalue weighted by Crippen LogP contribution is -2.33. The molecule has 0 spiro atoms. The van der Waals surface area contributed by atoms with Crippen LogP contribution >= 0.6 is 0 Å². The summed E-state index contributed by atoms with van der Waals surface area (Å²) < 4.78 is 2.13. The van der Waals surface area contributed by atoms with Crippen molar-refractivity contribution in [1.29, 1.82) is 0 Å². The molecule has 0 radical (unpaired) electrons. The van der Waals surface area contributed by atoms with Crippen molar-refractivity contribution < 1.29 is 0 Å². The fraction of sp³-hybridized carbons (Fsp3) is 0.812. The molecule has 0 bridgehead atoms. The maximum absolute atomic E-state index is 4.39. The van der Waals surface area contributed by atoms with Gasteiger partial charge in [-0.15, -0.1) is 0 Å². The van der Waals surface area contributed by atoms with Gasteiger partial charge in [-0.2, -0.15) is 5.10 Å². The first-order valence-corrected chi connectivity index (χ1v) is 8.05. The minimum atomic E-state index is 0.628. The van der Waals surface area contributed by atoms with Crippen LogP contribution in [0.4, 0.5) is 0 Å². The summed E-state index contributed by atoms with van der Waals surface area (Å²) in [4.78, 5) is 0. The van der Waals surface area contributed by atoms with Crippen LogP contribution in [0, 0.1) is 5.92 Å². The van der Waals surface area contributed by atoms with E-state index in [1.54, 1.807) is 0 Å². The quantitative estimate of drug-likeness (QED) is 0.792. The van der Waals surface area contributed by atoms with Crippen LogP contribution in [0.5, 0.6) is 0 Å². The van der Waals surface area contributed by atoms with Gasteiger partial charge >= 0.3 is 0 Å². The third-order valence-corrected chi connectivity index (χ3v) is 4.45. The number of nitrogens with zero attached hydrogens (tertiary/aromatic N) is 2. The predicted molar refractivity (Wildman–Crippen MR) is 80.0 cm³/mol. The molecule has 1 aromatic heterocycles. The molecule has 0 aliphatic heterocycles. The molecule has 1 aliphatic carbocycles. The zero-order valence-corrected chi connectivity index (χ0v) is 12.6. The van der Waals surface area contributed by atoms with Gasteiger partial charge in [-0.05, 0) is 38.2 Å². The molecule has 1 fully saturated rings. The Morgan fingerprint density at radius 1 is 1.32 bits per heavy atom. The second kappa shape index (κ2) is 7.68. The van der Waals surface area contributed by atoms with E-state index < -0.39 is 0 Å². The van der Waals surface area contributed by atoms with Gasteiger partial charge < -0.3 is 5.32 Å². The average molecular weight is 263 g/mol. The fourth-order valence-corrected chi connectivity index (χ4v) is 3.17. The summed E-state index contributed by atoms with van der Waals surface area (Å²) in [6.45, 7) is 6.54. The maximum Gasteiger partial charge on any atom is 0.0522 e. The van der Waals surface area contributed by atoms with Gasteiger partial charge in [-0.25, -0.2) is 0 Å². The van der Waals surface area contributed by atoms with Gasteiger partial charge in [0.1, 0.15) is 0 Å². The number of aromatic nitrogens is 2. The predicted octanol–water partition coefficient (Wildman–Crippen LogP) is 3.74. The number of hydrogen-bond acceptors (Lipinski definition) is 2. The van der Waals surface area contributed by atoms with Crippen molar-refractivity contribution in [1.82, 2.24) is 15.1 Å². The molecule has 1 aromatic rings. The minimum Gasteiger partial charge on any atom is -0.308 e. The van der Waals surface area contributed by atoms with E-state index >= 15 is 0 Å². The molecule has 1 N–H and O–H groups in total. The molecular formula is C16H29N3. The Morgan fingerprint density at radius 3 is 2.74 bits per heavy atom. The summed E-state index contributed by atoms with van der Waals surface area (Å²) in [6.07, 6.45) is 11.6. The average Bonchev–Trinajstić information content (AvgIpc) is 2.68. The van der Waals surface area contributed by atoms with E-state index in [1.165, 1.54) is 44.2 Å². The minimum absolute atomic E-state index is 0.628. The van der Waals surface area contributed by atoms with Crippen LogP contribution in [-0.2, 0) is 13.1 Å². The number of aryl methyl sites for hydroxylation is 1. The van der Waals surface area contributed by atoms with E-state index in [4.69, 9.17) is 0 Å². The van der Waals surface area contributed by atoms with E-state index in [1.807, 2.05) is 6.20 Å². The molecule has 1 heterocycles. The fourth-order valence-electron chi connectivity index (χ4n) is 3.17. The SMILES string of the molecule is CCCn1nccc1CN[C@@H](C)C1CCCCCC1. The highest BCUT2D eigenvalue weighted by molar-refractivity contribution is 5.00. The summed E-state index contributed by atoms with van der Waals surface area (Å²) in [7, 11) is 0. The van der Waals surface area contributed by atoms with Crippen LogP contribution in [0.3, 0.4) is 0 Å². The second-order valence-corrected chi connectivity index (χ2v) is 5.97. The van der Waals surface area contributed by atoms with E-state index in [0.29, 0.717) is 6.04 Å². The zero-order valence-electron chi connectivity index (χ0n) is 12.6. The van der Waals surface area contributed by atoms with Crippen LogP contribution in [0.1, 0.15) is 64.5 Å². The van der Waals surface area contributed by atoms with Crippen LogP contribution < -0.4 is 5.32 Å². The largest absolute Gasteiger partial charge is 0.308 e. The number of rotatable bonds is 6. The molecule has 0 amide bonds. The van der Waals surface area contributed by atoms with Crippen molar-refractivity contribution in [2.75, 3.05) is 0 Å². The first kappa shape index (κ1) is 14.6. The van der Waals surface area contributed by atoms with Crippen molar-refractivity contribution >= 4 is 0 Å². The first-order valence-electron chi connectivity index (χ1n) is 8.05. The van der Waals surface area contributed by atoms with Crippen LogP contribution in [0.2, 0.25) is 0 Å². The Hall–Kier alpha value is -0.830. The Balaban J connectivity index is 1.81. The lowest BCUT2D eigenvalue weighted by Gasteiger charge is -2.23. The summed E-state index contributed by atoms with van der Waals surface area (Å²) >= 11 is 0. The highest BCUT2D eigenvalue weighted by Gasteiger charge is 2.18. The topological polar surface area (TPSA) is 29.9 Å². The number of nitrogens with one attached hydrogen (secondary N) is 1. The normalized spacial score (nSPS) is 19.3. The van der Waals surface area contributed by atoms with Gasteiger partial charge in [0.2, 0.25) is 0 Å². The molecule has 108 valence electrons. The van der Waals surface area contributed by atoms with Crippen molar-refractivity contribution in [3.63, 3.8) is 0 Å². The van der Waals surface area contributed by atoms with Gasteiger partial charge in [0.15, 0.2) is 0 Å². The Labute approximate surface area is 117 Å². The zero-order chi connectivity index (χ0) is 13.5. The molecule has 0 aromatic carbocycles. The third kappa shape index (κ3) is 4.34. The van der Waals surface area contributed by atoms with Crippen molar-refractivity contribution in [3.05, 3.63) is 18.0 Å². The molecule has 0 saturated heterocycles. The Bertz CT molecular complexity index is 351. The lowest BCUT2D eigenvalue weighted by molar-refractivity contribution is 0.333. The van der Waals surface area contributed by atoms with Crippen LogP contribution in [-0.4, -0.2) is 15.8 Å². The molecule has 19 heavy (non-hydrogen) atoms. The van der Waals surface area contributed by atoms with Crippen molar-refractivity contribution in [2.45, 2.75) is 77.9 Å². The van der Waals surface area contributed by atoms with E-state index in [9.17, 15) is 0 Å². The molecule has 2 rings (SSSR count). The molecule has 3 heteroatoms. The Morgan fingerprint density at radius 2 is 2.05 bits per heavy atom. The molecule has 0 unspecified atom stereocenters. The van der Waals surface area contributed by atoms with Crippen molar-refractivity contribution in [2.24, 2.45) is 5.92 Å². The van der Waals surface area contributed by atoms with Crippen LogP contribution in [0.25, 0.3) is 0 Å². The van der Waals surface area contributed by atoms with E-state index in [-0.39, 0.29) is 0 Å². The monoisotopic (exact) mass is 263 g/mol. The van der Waals surface area contributed by atoms with Gasteiger partial charge in [0.25, 0.3) is 0 Å². The van der Waals surface area contributed by atoms with Gasteiger partial charge in [-0.1, -0.05) is 32.6 Å². The highest BCUT2D eigenvalue weighted by atomic mass is 15.3. The first-order chi connectivity index (χ1) is 9.31. The summed E-state index contributed by atoms with van der Waals surface area (Å²) in [5.41, 5.74) is 1.32. The third-order valence-electron chi connectivity index (χ3n) is 4.45. The van der Waals surface area contributed by atoms with E-state index in [2.05, 4.69) is 35.0 Å². The summed E-state index contributed by atoms with van der Waals surface area (Å²) in [6, 6.07) is 2.77. The standard InChI is InChI=1S/C16H29N3/c1-3-12-19-16(10-11-18-19)13-17-14(2)15-8-6-4-5-7-9-15/h10-11,14-15,17H,3-9,12-13H2,1-2H3/t14-/m0/s1. The lowest BCUT2D eigenvalue weighted by atomic mass is 9.93. The molecule has 1 atom stereocenters. The smallest absolute Gasteiger partial charge is 0.0522 e.